The fourth-order valence-corrected chi connectivity index (χ4v) is 1.42. The van der Waals surface area contributed by atoms with Gasteiger partial charge in [0.1, 0.15) is 0 Å². The van der Waals surface area contributed by atoms with Crippen molar-refractivity contribution in [2.24, 2.45) is 11.5 Å². The number of hydrogen-bond donors (Lipinski definition) is 2. The second-order valence-electron chi connectivity index (χ2n) is 3.82. The topological polar surface area (TPSA) is 95.4 Å². The van der Waals surface area contributed by atoms with Gasteiger partial charge in [-0.3, -0.25) is 4.79 Å². The first kappa shape index (κ1) is 14.8. The summed E-state index contributed by atoms with van der Waals surface area (Å²) in [5, 5.41) is 0. The van der Waals surface area contributed by atoms with Crippen LogP contribution in [0, 0.1) is 0 Å². The molecule has 5 heteroatoms. The second-order valence-corrected chi connectivity index (χ2v) is 3.82. The van der Waals surface area contributed by atoms with Gasteiger partial charge in [0.15, 0.2) is 11.3 Å². The van der Waals surface area contributed by atoms with Crippen LogP contribution in [0.4, 0.5) is 0 Å². The highest BCUT2D eigenvalue weighted by Gasteiger charge is 2.42. The SMILES string of the molecule is C=C(C)C(=O)[C@](N)(CCCCN)C(=O)OC. The average molecular weight is 228 g/mol. The first-order chi connectivity index (χ1) is 7.40. The summed E-state index contributed by atoms with van der Waals surface area (Å²) in [6.45, 7) is 5.53. The Morgan fingerprint density at radius 3 is 2.31 bits per heavy atom. The Morgan fingerprint density at radius 2 is 1.94 bits per heavy atom. The second kappa shape index (κ2) is 6.40. The molecule has 4 N–H and O–H groups in total. The highest BCUT2D eigenvalue weighted by atomic mass is 16.5. The molecule has 0 spiro atoms. The first-order valence-corrected chi connectivity index (χ1v) is 5.17. The van der Waals surface area contributed by atoms with Gasteiger partial charge in [-0.05, 0) is 38.3 Å². The van der Waals surface area contributed by atoms with Crippen molar-refractivity contribution in [1.29, 1.82) is 0 Å². The van der Waals surface area contributed by atoms with Crippen LogP contribution in [0.15, 0.2) is 12.2 Å². The summed E-state index contributed by atoms with van der Waals surface area (Å²) in [5.41, 5.74) is 9.79. The van der Waals surface area contributed by atoms with E-state index in [1.54, 1.807) is 0 Å². The molecule has 0 rings (SSSR count). The van der Waals surface area contributed by atoms with Crippen molar-refractivity contribution in [1.82, 2.24) is 0 Å². The monoisotopic (exact) mass is 228 g/mol. The molecule has 0 saturated heterocycles. The van der Waals surface area contributed by atoms with E-state index < -0.39 is 17.3 Å². The van der Waals surface area contributed by atoms with Crippen molar-refractivity contribution >= 4 is 11.8 Å². The molecule has 0 fully saturated rings. The van der Waals surface area contributed by atoms with Gasteiger partial charge in [0.2, 0.25) is 0 Å². The third-order valence-electron chi connectivity index (χ3n) is 2.37. The standard InChI is InChI=1S/C11H20N2O3/c1-8(2)9(14)11(13,10(15)16-3)6-4-5-7-12/h1,4-7,12-13H2,2-3H3/t11-/m1/s1. The number of methoxy groups -OCH3 is 1. The molecule has 0 unspecified atom stereocenters. The number of rotatable bonds is 7. The van der Waals surface area contributed by atoms with Crippen molar-refractivity contribution in [2.75, 3.05) is 13.7 Å². The molecule has 0 heterocycles. The molecule has 0 aliphatic heterocycles. The Morgan fingerprint density at radius 1 is 1.38 bits per heavy atom. The molecule has 5 nitrogen and oxygen atoms in total. The number of Topliss-reactive ketones (excluding diaryl/α,β-unsaturated/α-hetero) is 1. The van der Waals surface area contributed by atoms with E-state index in [9.17, 15) is 9.59 Å². The highest BCUT2D eigenvalue weighted by Crippen LogP contribution is 2.18. The zero-order valence-electron chi connectivity index (χ0n) is 9.91. The van der Waals surface area contributed by atoms with E-state index >= 15 is 0 Å². The van der Waals surface area contributed by atoms with E-state index in [2.05, 4.69) is 11.3 Å². The summed E-state index contributed by atoms with van der Waals surface area (Å²) >= 11 is 0. The van der Waals surface area contributed by atoms with E-state index in [4.69, 9.17) is 11.5 Å². The Labute approximate surface area is 95.8 Å². The van der Waals surface area contributed by atoms with E-state index in [-0.39, 0.29) is 12.0 Å². The van der Waals surface area contributed by atoms with Gasteiger partial charge in [0.25, 0.3) is 0 Å². The van der Waals surface area contributed by atoms with Crippen LogP contribution in [0.3, 0.4) is 0 Å². The predicted octanol–water partition coefficient (Wildman–Crippen LogP) is 0.131. The molecular weight excluding hydrogens is 208 g/mol. The van der Waals surface area contributed by atoms with Gasteiger partial charge in [-0.1, -0.05) is 6.58 Å². The number of nitrogens with two attached hydrogens (primary N) is 2. The number of unbranched alkanes of at least 4 members (excludes halogenated alkanes) is 1. The van der Waals surface area contributed by atoms with Gasteiger partial charge in [-0.25, -0.2) is 4.79 Å². The Kier molecular flexibility index (Phi) is 5.92. The Balaban J connectivity index is 4.81. The third-order valence-corrected chi connectivity index (χ3v) is 2.37. The minimum atomic E-state index is -1.62. The molecule has 0 aliphatic carbocycles. The van der Waals surface area contributed by atoms with E-state index in [0.29, 0.717) is 19.4 Å². The molecular formula is C11H20N2O3. The van der Waals surface area contributed by atoms with Crippen molar-refractivity contribution in [3.05, 3.63) is 12.2 Å². The lowest BCUT2D eigenvalue weighted by Crippen LogP contribution is -2.55. The molecule has 0 amide bonds. The molecule has 1 atom stereocenters. The minimum absolute atomic E-state index is 0.225. The van der Waals surface area contributed by atoms with Crippen LogP contribution in [0.1, 0.15) is 26.2 Å². The Bertz CT molecular complexity index is 289. The normalized spacial score (nSPS) is 14.0. The van der Waals surface area contributed by atoms with Gasteiger partial charge < -0.3 is 16.2 Å². The predicted molar refractivity (Wildman–Crippen MR) is 61.7 cm³/mol. The fraction of sp³-hybridized carbons (Fsp3) is 0.636. The highest BCUT2D eigenvalue weighted by molar-refractivity contribution is 6.15. The number of carbonyl (C=O) groups excluding carboxylic acids is 2. The van der Waals surface area contributed by atoms with Crippen LogP contribution in [-0.2, 0) is 14.3 Å². The van der Waals surface area contributed by atoms with Crippen LogP contribution < -0.4 is 11.5 Å². The number of ketones is 1. The number of hydrogen-bond acceptors (Lipinski definition) is 5. The van der Waals surface area contributed by atoms with Crippen LogP contribution in [0.2, 0.25) is 0 Å². The summed E-state index contributed by atoms with van der Waals surface area (Å²) in [6.07, 6.45) is 1.53. The summed E-state index contributed by atoms with van der Waals surface area (Å²) in [5.74, 6) is -1.20. The minimum Gasteiger partial charge on any atom is -0.467 e. The molecule has 0 aromatic rings. The maximum Gasteiger partial charge on any atom is 0.333 e. The zero-order valence-corrected chi connectivity index (χ0v) is 9.91. The summed E-state index contributed by atoms with van der Waals surface area (Å²) < 4.78 is 4.56. The van der Waals surface area contributed by atoms with E-state index in [1.165, 1.54) is 14.0 Å². The largest absolute Gasteiger partial charge is 0.467 e. The molecule has 0 saturated carbocycles. The molecule has 0 aliphatic rings. The Hall–Kier alpha value is -1.20. The number of esters is 1. The quantitative estimate of drug-likeness (QED) is 0.279. The molecule has 16 heavy (non-hydrogen) atoms. The van der Waals surface area contributed by atoms with Gasteiger partial charge in [-0.2, -0.15) is 0 Å². The van der Waals surface area contributed by atoms with Crippen LogP contribution in [0.25, 0.3) is 0 Å². The van der Waals surface area contributed by atoms with Gasteiger partial charge >= 0.3 is 5.97 Å². The van der Waals surface area contributed by atoms with Crippen molar-refractivity contribution in [3.63, 3.8) is 0 Å². The lowest BCUT2D eigenvalue weighted by Gasteiger charge is -2.24. The van der Waals surface area contributed by atoms with E-state index in [0.717, 1.165) is 0 Å². The van der Waals surface area contributed by atoms with Crippen molar-refractivity contribution in [2.45, 2.75) is 31.7 Å². The molecule has 92 valence electrons. The third kappa shape index (κ3) is 3.43. The lowest BCUT2D eigenvalue weighted by atomic mass is 9.86. The van der Waals surface area contributed by atoms with Gasteiger partial charge in [0, 0.05) is 0 Å². The lowest BCUT2D eigenvalue weighted by molar-refractivity contribution is -0.150. The fourth-order valence-electron chi connectivity index (χ4n) is 1.42. The van der Waals surface area contributed by atoms with E-state index in [1.807, 2.05) is 0 Å². The maximum atomic E-state index is 11.8. The summed E-state index contributed by atoms with van der Waals surface area (Å²) in [4.78, 5) is 23.3. The van der Waals surface area contributed by atoms with Crippen LogP contribution in [-0.4, -0.2) is 30.9 Å². The zero-order chi connectivity index (χ0) is 12.8. The van der Waals surface area contributed by atoms with Crippen LogP contribution >= 0.6 is 0 Å². The van der Waals surface area contributed by atoms with Gasteiger partial charge in [0.05, 0.1) is 7.11 Å². The van der Waals surface area contributed by atoms with Crippen molar-refractivity contribution in [3.8, 4) is 0 Å². The molecule has 0 radical (unpaired) electrons. The maximum absolute atomic E-state index is 11.8. The van der Waals surface area contributed by atoms with Gasteiger partial charge in [-0.15, -0.1) is 0 Å². The van der Waals surface area contributed by atoms with Crippen molar-refractivity contribution < 1.29 is 14.3 Å². The number of carbonyl (C=O) groups is 2. The number of ether oxygens (including phenoxy) is 1. The molecule has 0 bridgehead atoms. The molecule has 0 aromatic heterocycles. The molecule has 0 aromatic carbocycles. The average Bonchev–Trinajstić information content (AvgIpc) is 2.26. The van der Waals surface area contributed by atoms with Crippen LogP contribution in [0.5, 0.6) is 0 Å². The summed E-state index contributed by atoms with van der Waals surface area (Å²) in [6, 6.07) is 0. The summed E-state index contributed by atoms with van der Waals surface area (Å²) in [7, 11) is 1.21. The first-order valence-electron chi connectivity index (χ1n) is 5.17. The smallest absolute Gasteiger partial charge is 0.333 e.